The smallest absolute Gasteiger partial charge is 0.249 e. The number of aromatic amines is 1. The molecule has 0 unspecified atom stereocenters. The van der Waals surface area contributed by atoms with E-state index in [1.807, 2.05) is 12.1 Å². The van der Waals surface area contributed by atoms with Crippen molar-refractivity contribution >= 4 is 43.3 Å². The predicted octanol–water partition coefficient (Wildman–Crippen LogP) is 6.36. The van der Waals surface area contributed by atoms with Crippen LogP contribution in [-0.2, 0) is 6.54 Å². The number of nitrogens with one attached hydrogen (secondary N) is 1. The van der Waals surface area contributed by atoms with Crippen LogP contribution in [0.15, 0.2) is 89.8 Å². The molecule has 0 spiro atoms. The molecule has 0 atom stereocenters. The number of H-pyrrole nitrogens is 1. The van der Waals surface area contributed by atoms with Crippen molar-refractivity contribution in [1.82, 2.24) is 9.38 Å². The van der Waals surface area contributed by atoms with Crippen molar-refractivity contribution in [3.05, 3.63) is 95.4 Å². The first kappa shape index (κ1) is 20.8. The van der Waals surface area contributed by atoms with Crippen molar-refractivity contribution in [3.63, 3.8) is 0 Å². The molecule has 0 radical (unpaired) electrons. The van der Waals surface area contributed by atoms with Gasteiger partial charge in [-0.25, -0.2) is 4.57 Å². The van der Waals surface area contributed by atoms with Crippen molar-refractivity contribution < 1.29 is 14.0 Å². The number of fused-ring (bicyclic) bond motifs is 5. The molecule has 3 heterocycles. The van der Waals surface area contributed by atoms with Crippen LogP contribution < -0.4 is 14.0 Å². The first-order valence-corrected chi connectivity index (χ1v) is 11.9. The Labute approximate surface area is 205 Å². The van der Waals surface area contributed by atoms with Gasteiger partial charge >= 0.3 is 0 Å². The summed E-state index contributed by atoms with van der Waals surface area (Å²) in [5, 5.41) is 2.45. The number of aromatic nitrogens is 3. The van der Waals surface area contributed by atoms with Gasteiger partial charge in [-0.3, -0.25) is 0 Å². The summed E-state index contributed by atoms with van der Waals surface area (Å²) < 4.78 is 16.5. The highest BCUT2D eigenvalue weighted by Crippen LogP contribution is 2.33. The molecular formula is C28H23BrN3O2+. The molecule has 0 aliphatic rings. The van der Waals surface area contributed by atoms with Crippen molar-refractivity contribution in [2.24, 2.45) is 0 Å². The lowest BCUT2D eigenvalue weighted by atomic mass is 10.1. The van der Waals surface area contributed by atoms with E-state index in [1.165, 1.54) is 10.8 Å². The molecule has 0 aliphatic carbocycles. The SMILES string of the molecule is COc1ccc(C[n+]2cn3ccc4c5ccccc5[nH]c4c3c2-c2ccc(Br)cc2)cc1OC. The highest BCUT2D eigenvalue weighted by atomic mass is 79.9. The second kappa shape index (κ2) is 8.22. The average Bonchev–Trinajstić information content (AvgIpc) is 3.42. The summed E-state index contributed by atoms with van der Waals surface area (Å²) in [5.41, 5.74) is 6.85. The van der Waals surface area contributed by atoms with Gasteiger partial charge in [0.25, 0.3) is 0 Å². The summed E-state index contributed by atoms with van der Waals surface area (Å²) in [6.07, 6.45) is 4.31. The van der Waals surface area contributed by atoms with Gasteiger partial charge < -0.3 is 14.5 Å². The number of ether oxygens (including phenoxy) is 2. The third-order valence-corrected chi connectivity index (χ3v) is 6.87. The van der Waals surface area contributed by atoms with Crippen molar-refractivity contribution in [2.45, 2.75) is 6.54 Å². The van der Waals surface area contributed by atoms with E-state index in [-0.39, 0.29) is 0 Å². The van der Waals surface area contributed by atoms with Gasteiger partial charge in [-0.15, -0.1) is 0 Å². The van der Waals surface area contributed by atoms with Gasteiger partial charge in [-0.05, 0) is 54.1 Å². The van der Waals surface area contributed by atoms with Gasteiger partial charge in [0.15, 0.2) is 17.2 Å². The van der Waals surface area contributed by atoms with Crippen molar-refractivity contribution in [3.8, 4) is 22.8 Å². The molecule has 0 amide bonds. The summed E-state index contributed by atoms with van der Waals surface area (Å²) >= 11 is 3.58. The first-order valence-electron chi connectivity index (χ1n) is 11.1. The molecule has 0 saturated carbocycles. The van der Waals surface area contributed by atoms with Crippen LogP contribution >= 0.6 is 15.9 Å². The summed E-state index contributed by atoms with van der Waals surface area (Å²) in [5.74, 6) is 1.46. The van der Waals surface area contributed by atoms with Crippen LogP contribution in [-0.4, -0.2) is 23.6 Å². The maximum absolute atomic E-state index is 5.54. The first-order chi connectivity index (χ1) is 16.7. The number of pyridine rings is 1. The van der Waals surface area contributed by atoms with Gasteiger partial charge in [-0.2, -0.15) is 4.40 Å². The molecule has 6 heteroatoms. The van der Waals surface area contributed by atoms with Crippen LogP contribution in [0.25, 0.3) is 38.6 Å². The Morgan fingerprint density at radius 1 is 0.882 bits per heavy atom. The second-order valence-corrected chi connectivity index (χ2v) is 9.23. The molecule has 34 heavy (non-hydrogen) atoms. The van der Waals surface area contributed by atoms with E-state index < -0.39 is 0 Å². The Morgan fingerprint density at radius 2 is 1.68 bits per heavy atom. The molecule has 168 valence electrons. The molecule has 0 saturated heterocycles. The van der Waals surface area contributed by atoms with Crippen LogP contribution in [0, 0.1) is 0 Å². The highest BCUT2D eigenvalue weighted by Gasteiger charge is 2.24. The minimum Gasteiger partial charge on any atom is -0.493 e. The molecule has 5 nitrogen and oxygen atoms in total. The molecule has 0 aliphatic heterocycles. The third kappa shape index (κ3) is 3.33. The van der Waals surface area contributed by atoms with Crippen LogP contribution in [0.2, 0.25) is 0 Å². The topological polar surface area (TPSA) is 42.5 Å². The minimum atomic E-state index is 0.690. The van der Waals surface area contributed by atoms with Crippen molar-refractivity contribution in [2.75, 3.05) is 14.2 Å². The van der Waals surface area contributed by atoms with Gasteiger partial charge in [0.05, 0.1) is 25.9 Å². The van der Waals surface area contributed by atoms with E-state index in [9.17, 15) is 0 Å². The lowest BCUT2D eigenvalue weighted by Gasteiger charge is -2.09. The van der Waals surface area contributed by atoms with E-state index in [0.717, 1.165) is 49.3 Å². The Morgan fingerprint density at radius 3 is 2.47 bits per heavy atom. The zero-order chi connectivity index (χ0) is 23.2. The zero-order valence-electron chi connectivity index (χ0n) is 18.9. The van der Waals surface area contributed by atoms with Gasteiger partial charge in [0.1, 0.15) is 6.54 Å². The molecular weight excluding hydrogens is 490 g/mol. The standard InChI is InChI=1S/C28H23BrN3O2/c1-33-24-12-7-18(15-25(24)34-2)16-32-17-31-14-13-22-21-5-3-4-6-23(21)30-26(22)28(31)27(32)19-8-10-20(29)11-9-19/h3-15,17,30H,16H2,1-2H3/q+1. The Kier molecular flexibility index (Phi) is 5.03. The number of methoxy groups -OCH3 is 2. The molecule has 3 aromatic carbocycles. The van der Waals surface area contributed by atoms with Gasteiger partial charge in [0, 0.05) is 26.3 Å². The quantitative estimate of drug-likeness (QED) is 0.273. The third-order valence-electron chi connectivity index (χ3n) is 6.34. The fourth-order valence-corrected chi connectivity index (χ4v) is 5.03. The number of rotatable bonds is 5. The summed E-state index contributed by atoms with van der Waals surface area (Å²) in [6.45, 7) is 0.690. The fraction of sp³-hybridized carbons (Fsp3) is 0.107. The van der Waals surface area contributed by atoms with Crippen LogP contribution in [0.3, 0.4) is 0 Å². The molecule has 3 aromatic heterocycles. The van der Waals surface area contributed by atoms with Crippen LogP contribution in [0.4, 0.5) is 0 Å². The van der Waals surface area contributed by atoms with E-state index in [0.29, 0.717) is 6.54 Å². The average molecular weight is 513 g/mol. The number of imidazole rings is 1. The highest BCUT2D eigenvalue weighted by molar-refractivity contribution is 9.10. The van der Waals surface area contributed by atoms with E-state index in [2.05, 4.69) is 103 Å². The van der Waals surface area contributed by atoms with Gasteiger partial charge in [-0.1, -0.05) is 40.2 Å². The van der Waals surface area contributed by atoms with E-state index >= 15 is 0 Å². The zero-order valence-corrected chi connectivity index (χ0v) is 20.5. The maximum Gasteiger partial charge on any atom is 0.249 e. The lowest BCUT2D eigenvalue weighted by molar-refractivity contribution is -0.676. The molecule has 0 fully saturated rings. The number of nitrogens with zero attached hydrogens (tertiary/aromatic N) is 2. The van der Waals surface area contributed by atoms with Crippen LogP contribution in [0.5, 0.6) is 11.5 Å². The summed E-state index contributed by atoms with van der Waals surface area (Å²) in [4.78, 5) is 3.67. The van der Waals surface area contributed by atoms with Crippen LogP contribution in [0.1, 0.15) is 5.56 Å². The number of para-hydroxylation sites is 1. The second-order valence-electron chi connectivity index (χ2n) is 8.32. The number of benzene rings is 3. The Hall–Kier alpha value is -3.77. The molecule has 0 bridgehead atoms. The van der Waals surface area contributed by atoms with Crippen molar-refractivity contribution in [1.29, 1.82) is 0 Å². The Balaban J connectivity index is 1.61. The van der Waals surface area contributed by atoms with Gasteiger partial charge in [0.2, 0.25) is 11.8 Å². The van der Waals surface area contributed by atoms with E-state index in [1.54, 1.807) is 14.2 Å². The molecule has 1 N–H and O–H groups in total. The maximum atomic E-state index is 5.54. The summed E-state index contributed by atoms with van der Waals surface area (Å²) in [7, 11) is 3.32. The molecule has 6 aromatic rings. The number of halogens is 1. The largest absolute Gasteiger partial charge is 0.493 e. The number of hydrogen-bond donors (Lipinski definition) is 1. The molecule has 6 rings (SSSR count). The minimum absolute atomic E-state index is 0.690. The number of hydrogen-bond acceptors (Lipinski definition) is 2. The Bertz CT molecular complexity index is 1670. The lowest BCUT2D eigenvalue weighted by Crippen LogP contribution is -2.34. The van der Waals surface area contributed by atoms with E-state index in [4.69, 9.17) is 9.47 Å². The summed E-state index contributed by atoms with van der Waals surface area (Å²) in [6, 6.07) is 25.2. The fourth-order valence-electron chi connectivity index (χ4n) is 4.77. The monoisotopic (exact) mass is 512 g/mol. The normalized spacial score (nSPS) is 11.5. The predicted molar refractivity (Wildman–Crippen MR) is 139 cm³/mol.